The quantitative estimate of drug-likeness (QED) is 0.669. The average Bonchev–Trinajstić information content (AvgIpc) is 2.62. The smallest absolute Gasteiger partial charge is 0.220 e. The molecule has 1 fully saturated rings. The van der Waals surface area contributed by atoms with E-state index in [1.807, 2.05) is 0 Å². The molecule has 2 heterocycles. The summed E-state index contributed by atoms with van der Waals surface area (Å²) in [5, 5.41) is 0. The summed E-state index contributed by atoms with van der Waals surface area (Å²) < 4.78 is 0. The van der Waals surface area contributed by atoms with Crippen LogP contribution in [0.2, 0.25) is 0 Å². The number of hydrogen-bond donors (Lipinski definition) is 0. The van der Waals surface area contributed by atoms with Gasteiger partial charge in [-0.05, 0) is 50.3 Å². The number of amides is 1. The van der Waals surface area contributed by atoms with Crippen LogP contribution in [0.4, 0.5) is 0 Å². The molecule has 1 amide bonds. The predicted octanol–water partition coefficient (Wildman–Crippen LogP) is 3.08. The number of carbonyl (C=O) groups excluding carboxylic acids is 1. The summed E-state index contributed by atoms with van der Waals surface area (Å²) >= 11 is 0. The van der Waals surface area contributed by atoms with Gasteiger partial charge in [0.2, 0.25) is 5.91 Å². The van der Waals surface area contributed by atoms with Crippen molar-refractivity contribution in [3.63, 3.8) is 0 Å². The standard InChI is InChI=1S/C15H19NO/c1-10-6-5-7-12-13(10)15(4)9-8-14(12,3)16(15)11(2)17/h5-7H,8-9H2,1-4H3/t14-,15+/m0/s1. The molecule has 0 saturated carbocycles. The molecule has 0 spiro atoms. The second kappa shape index (κ2) is 2.92. The Morgan fingerprint density at radius 2 is 1.88 bits per heavy atom. The van der Waals surface area contributed by atoms with Crippen molar-refractivity contribution < 1.29 is 4.79 Å². The summed E-state index contributed by atoms with van der Waals surface area (Å²) in [6.45, 7) is 8.29. The summed E-state index contributed by atoms with van der Waals surface area (Å²) in [7, 11) is 0. The van der Waals surface area contributed by atoms with E-state index in [2.05, 4.69) is 43.9 Å². The van der Waals surface area contributed by atoms with Crippen LogP contribution in [0.15, 0.2) is 18.2 Å². The van der Waals surface area contributed by atoms with E-state index in [4.69, 9.17) is 0 Å². The van der Waals surface area contributed by atoms with E-state index in [0.717, 1.165) is 12.8 Å². The van der Waals surface area contributed by atoms with Gasteiger partial charge in [0.25, 0.3) is 0 Å². The Balaban J connectivity index is 2.34. The molecule has 0 aromatic heterocycles. The first-order chi connectivity index (χ1) is 7.91. The van der Waals surface area contributed by atoms with Crippen LogP contribution >= 0.6 is 0 Å². The van der Waals surface area contributed by atoms with Crippen molar-refractivity contribution in [3.8, 4) is 0 Å². The molecule has 2 nitrogen and oxygen atoms in total. The molecule has 2 atom stereocenters. The lowest BCUT2D eigenvalue weighted by Gasteiger charge is -2.35. The van der Waals surface area contributed by atoms with E-state index >= 15 is 0 Å². The molecular weight excluding hydrogens is 210 g/mol. The molecule has 17 heavy (non-hydrogen) atoms. The second-order valence-electron chi connectivity index (χ2n) is 5.90. The van der Waals surface area contributed by atoms with E-state index in [0.29, 0.717) is 0 Å². The number of aryl methyl sites for hydroxylation is 1. The van der Waals surface area contributed by atoms with Gasteiger partial charge in [0.1, 0.15) is 0 Å². The molecule has 2 aliphatic heterocycles. The highest BCUT2D eigenvalue weighted by Gasteiger charge is 2.60. The number of fused-ring (bicyclic) bond motifs is 5. The average molecular weight is 229 g/mol. The van der Waals surface area contributed by atoms with Gasteiger partial charge in [-0.1, -0.05) is 18.2 Å². The predicted molar refractivity (Wildman–Crippen MR) is 67.6 cm³/mol. The summed E-state index contributed by atoms with van der Waals surface area (Å²) in [6.07, 6.45) is 2.17. The minimum atomic E-state index is -0.0821. The van der Waals surface area contributed by atoms with Gasteiger partial charge in [-0.3, -0.25) is 4.79 Å². The van der Waals surface area contributed by atoms with E-state index < -0.39 is 0 Å². The third kappa shape index (κ3) is 1.04. The Morgan fingerprint density at radius 1 is 1.24 bits per heavy atom. The Labute approximate surface area is 103 Å². The van der Waals surface area contributed by atoms with Gasteiger partial charge in [-0.2, -0.15) is 0 Å². The van der Waals surface area contributed by atoms with Gasteiger partial charge in [-0.15, -0.1) is 0 Å². The second-order valence-corrected chi connectivity index (χ2v) is 5.90. The Hall–Kier alpha value is -1.31. The van der Waals surface area contributed by atoms with Gasteiger partial charge >= 0.3 is 0 Å². The first-order valence-corrected chi connectivity index (χ1v) is 6.33. The van der Waals surface area contributed by atoms with E-state index in [1.165, 1.54) is 16.7 Å². The van der Waals surface area contributed by atoms with Crippen molar-refractivity contribution in [2.24, 2.45) is 0 Å². The zero-order chi connectivity index (χ0) is 12.4. The van der Waals surface area contributed by atoms with E-state index in [1.54, 1.807) is 6.92 Å². The molecule has 2 bridgehead atoms. The normalized spacial score (nSPS) is 34.0. The molecule has 0 radical (unpaired) electrons. The van der Waals surface area contributed by atoms with Crippen LogP contribution in [0.25, 0.3) is 0 Å². The van der Waals surface area contributed by atoms with Crippen LogP contribution in [0.5, 0.6) is 0 Å². The summed E-state index contributed by atoms with van der Waals surface area (Å²) in [4.78, 5) is 14.1. The van der Waals surface area contributed by atoms with Gasteiger partial charge in [0.05, 0.1) is 11.1 Å². The third-order valence-corrected chi connectivity index (χ3v) is 4.79. The number of benzene rings is 1. The minimum absolute atomic E-state index is 0.0814. The van der Waals surface area contributed by atoms with Gasteiger partial charge in [0.15, 0.2) is 0 Å². The highest BCUT2D eigenvalue weighted by atomic mass is 16.2. The minimum Gasteiger partial charge on any atom is -0.324 e. The fraction of sp³-hybridized carbons (Fsp3) is 0.533. The summed E-state index contributed by atoms with van der Waals surface area (Å²) in [5.74, 6) is 0.197. The molecule has 90 valence electrons. The first-order valence-electron chi connectivity index (χ1n) is 6.33. The van der Waals surface area contributed by atoms with Gasteiger partial charge in [-0.25, -0.2) is 0 Å². The van der Waals surface area contributed by atoms with Crippen molar-refractivity contribution in [2.45, 2.75) is 51.6 Å². The zero-order valence-corrected chi connectivity index (χ0v) is 11.0. The zero-order valence-electron chi connectivity index (χ0n) is 11.0. The van der Waals surface area contributed by atoms with Crippen molar-refractivity contribution in [3.05, 3.63) is 34.9 Å². The number of nitrogens with zero attached hydrogens (tertiary/aromatic N) is 1. The fourth-order valence-electron chi connectivity index (χ4n) is 4.27. The molecule has 0 unspecified atom stereocenters. The highest BCUT2D eigenvalue weighted by Crippen LogP contribution is 2.60. The molecule has 3 rings (SSSR count). The molecule has 2 aliphatic rings. The van der Waals surface area contributed by atoms with E-state index in [9.17, 15) is 4.79 Å². The van der Waals surface area contributed by atoms with Gasteiger partial charge < -0.3 is 4.90 Å². The Bertz CT molecular complexity index is 522. The lowest BCUT2D eigenvalue weighted by molar-refractivity contribution is -0.137. The lowest BCUT2D eigenvalue weighted by Crippen LogP contribution is -2.44. The van der Waals surface area contributed by atoms with Crippen molar-refractivity contribution in [1.82, 2.24) is 4.90 Å². The van der Waals surface area contributed by atoms with Crippen LogP contribution < -0.4 is 0 Å². The highest BCUT2D eigenvalue weighted by molar-refractivity contribution is 5.78. The SMILES string of the molecule is CC(=O)N1[C@@]2(C)CC[C@]1(C)c1c(C)cccc12. The lowest BCUT2D eigenvalue weighted by atomic mass is 9.76. The van der Waals surface area contributed by atoms with Crippen LogP contribution in [-0.4, -0.2) is 10.8 Å². The van der Waals surface area contributed by atoms with Crippen LogP contribution in [0.1, 0.15) is 50.3 Å². The van der Waals surface area contributed by atoms with E-state index in [-0.39, 0.29) is 17.0 Å². The maximum atomic E-state index is 12.0. The molecule has 1 aromatic carbocycles. The van der Waals surface area contributed by atoms with Crippen molar-refractivity contribution >= 4 is 5.91 Å². The number of hydrogen-bond acceptors (Lipinski definition) is 1. The number of rotatable bonds is 0. The largest absolute Gasteiger partial charge is 0.324 e. The first kappa shape index (κ1) is 10.8. The number of carbonyl (C=O) groups is 1. The van der Waals surface area contributed by atoms with Crippen LogP contribution in [0, 0.1) is 6.92 Å². The molecular formula is C15H19NO. The van der Waals surface area contributed by atoms with Gasteiger partial charge in [0, 0.05) is 6.92 Å². The Kier molecular flexibility index (Phi) is 1.86. The van der Waals surface area contributed by atoms with Crippen LogP contribution in [-0.2, 0) is 15.9 Å². The molecule has 1 saturated heterocycles. The molecule has 1 aromatic rings. The monoisotopic (exact) mass is 229 g/mol. The van der Waals surface area contributed by atoms with Crippen molar-refractivity contribution in [2.75, 3.05) is 0 Å². The maximum absolute atomic E-state index is 12.0. The molecule has 0 aliphatic carbocycles. The summed E-state index contributed by atoms with van der Waals surface area (Å²) in [5.41, 5.74) is 3.91. The summed E-state index contributed by atoms with van der Waals surface area (Å²) in [6, 6.07) is 6.47. The van der Waals surface area contributed by atoms with Crippen LogP contribution in [0.3, 0.4) is 0 Å². The maximum Gasteiger partial charge on any atom is 0.220 e. The third-order valence-electron chi connectivity index (χ3n) is 4.79. The Morgan fingerprint density at radius 3 is 2.47 bits per heavy atom. The molecule has 2 heteroatoms. The fourth-order valence-corrected chi connectivity index (χ4v) is 4.27. The van der Waals surface area contributed by atoms with Crippen molar-refractivity contribution in [1.29, 1.82) is 0 Å². The molecule has 0 N–H and O–H groups in total. The topological polar surface area (TPSA) is 20.3 Å².